The first-order valence-electron chi connectivity index (χ1n) is 7.21. The van der Waals surface area contributed by atoms with E-state index in [2.05, 4.69) is 20.0 Å². The van der Waals surface area contributed by atoms with Gasteiger partial charge in [-0.15, -0.1) is 0 Å². The third-order valence-electron chi connectivity index (χ3n) is 3.73. The maximum Gasteiger partial charge on any atom is 0.256 e. The molecule has 0 saturated carbocycles. The Bertz CT molecular complexity index is 812. The van der Waals surface area contributed by atoms with Crippen molar-refractivity contribution in [3.8, 4) is 0 Å². The molecule has 1 amide bonds. The monoisotopic (exact) mass is 298 g/mol. The zero-order valence-electron chi connectivity index (χ0n) is 12.9. The van der Waals surface area contributed by atoms with E-state index in [1.807, 2.05) is 31.2 Å². The molecule has 0 aliphatic carbocycles. The summed E-state index contributed by atoms with van der Waals surface area (Å²) in [6.07, 6.45) is 0. The standard InChI is InChI=1S/C16H18N4O2/c1-10-15(11(2)22-19-10)16(21)17-8-9-20-12(3)18-13-6-4-5-7-14(13)20/h4-7H,8-9H2,1-3H3,(H,17,21). The molecule has 6 nitrogen and oxygen atoms in total. The molecule has 6 heteroatoms. The smallest absolute Gasteiger partial charge is 0.256 e. The van der Waals surface area contributed by atoms with Gasteiger partial charge in [-0.3, -0.25) is 4.79 Å². The Balaban J connectivity index is 1.70. The van der Waals surface area contributed by atoms with Gasteiger partial charge in [-0.1, -0.05) is 17.3 Å². The molecule has 0 saturated heterocycles. The highest BCUT2D eigenvalue weighted by atomic mass is 16.5. The summed E-state index contributed by atoms with van der Waals surface area (Å²) in [5.41, 5.74) is 3.18. The van der Waals surface area contributed by atoms with Crippen LogP contribution in [0.3, 0.4) is 0 Å². The fourth-order valence-electron chi connectivity index (χ4n) is 2.65. The van der Waals surface area contributed by atoms with Gasteiger partial charge in [0.25, 0.3) is 5.91 Å². The number of imidazole rings is 1. The van der Waals surface area contributed by atoms with Gasteiger partial charge in [0.1, 0.15) is 17.1 Å². The van der Waals surface area contributed by atoms with E-state index in [1.165, 1.54) is 0 Å². The molecule has 0 spiro atoms. The van der Waals surface area contributed by atoms with E-state index in [9.17, 15) is 4.79 Å². The molecule has 3 rings (SSSR count). The predicted molar refractivity (Wildman–Crippen MR) is 82.8 cm³/mol. The first-order chi connectivity index (χ1) is 10.6. The van der Waals surface area contributed by atoms with Gasteiger partial charge in [-0.2, -0.15) is 0 Å². The third-order valence-corrected chi connectivity index (χ3v) is 3.73. The number of hydrogen-bond acceptors (Lipinski definition) is 4. The molecule has 2 aromatic heterocycles. The second kappa shape index (κ2) is 5.63. The number of nitrogens with one attached hydrogen (secondary N) is 1. The van der Waals surface area contributed by atoms with E-state index < -0.39 is 0 Å². The van der Waals surface area contributed by atoms with Crippen LogP contribution in [-0.2, 0) is 6.54 Å². The largest absolute Gasteiger partial charge is 0.361 e. The van der Waals surface area contributed by atoms with Crippen LogP contribution in [0.5, 0.6) is 0 Å². The lowest BCUT2D eigenvalue weighted by Gasteiger charge is -2.08. The number of carbonyl (C=O) groups excluding carboxylic acids is 1. The minimum Gasteiger partial charge on any atom is -0.361 e. The maximum absolute atomic E-state index is 12.2. The molecular weight excluding hydrogens is 280 g/mol. The molecule has 1 N–H and O–H groups in total. The molecule has 0 atom stereocenters. The lowest BCUT2D eigenvalue weighted by atomic mass is 10.2. The van der Waals surface area contributed by atoms with Gasteiger partial charge in [-0.25, -0.2) is 4.98 Å². The Morgan fingerprint density at radius 3 is 2.77 bits per heavy atom. The number of rotatable bonds is 4. The summed E-state index contributed by atoms with van der Waals surface area (Å²) in [6.45, 7) is 6.66. The summed E-state index contributed by atoms with van der Waals surface area (Å²) in [6, 6.07) is 7.98. The van der Waals surface area contributed by atoms with Crippen molar-refractivity contribution in [2.45, 2.75) is 27.3 Å². The first kappa shape index (κ1) is 14.3. The highest BCUT2D eigenvalue weighted by Crippen LogP contribution is 2.15. The topological polar surface area (TPSA) is 73.0 Å². The van der Waals surface area contributed by atoms with E-state index in [0.717, 1.165) is 16.9 Å². The summed E-state index contributed by atoms with van der Waals surface area (Å²) >= 11 is 0. The molecule has 0 fully saturated rings. The van der Waals surface area contributed by atoms with Gasteiger partial charge in [0, 0.05) is 13.1 Å². The van der Waals surface area contributed by atoms with Crippen molar-refractivity contribution in [3.63, 3.8) is 0 Å². The van der Waals surface area contributed by atoms with Crippen molar-refractivity contribution in [1.82, 2.24) is 20.0 Å². The first-order valence-corrected chi connectivity index (χ1v) is 7.21. The number of nitrogens with zero attached hydrogens (tertiary/aromatic N) is 3. The lowest BCUT2D eigenvalue weighted by molar-refractivity contribution is 0.0950. The fourth-order valence-corrected chi connectivity index (χ4v) is 2.65. The zero-order valence-corrected chi connectivity index (χ0v) is 12.9. The number of para-hydroxylation sites is 2. The second-order valence-electron chi connectivity index (χ2n) is 5.25. The number of benzene rings is 1. The van der Waals surface area contributed by atoms with Crippen molar-refractivity contribution in [3.05, 3.63) is 47.1 Å². The van der Waals surface area contributed by atoms with Crippen LogP contribution in [-0.4, -0.2) is 27.2 Å². The van der Waals surface area contributed by atoms with E-state index >= 15 is 0 Å². The van der Waals surface area contributed by atoms with Crippen LogP contribution in [0.1, 0.15) is 27.6 Å². The van der Waals surface area contributed by atoms with Crippen LogP contribution < -0.4 is 5.32 Å². The van der Waals surface area contributed by atoms with Crippen molar-refractivity contribution in [2.24, 2.45) is 0 Å². The highest BCUT2D eigenvalue weighted by Gasteiger charge is 2.17. The van der Waals surface area contributed by atoms with Gasteiger partial charge < -0.3 is 14.4 Å². The normalized spacial score (nSPS) is 11.0. The molecule has 3 aromatic rings. The summed E-state index contributed by atoms with van der Waals surface area (Å²) in [4.78, 5) is 16.7. The predicted octanol–water partition coefficient (Wildman–Crippen LogP) is 2.38. The van der Waals surface area contributed by atoms with Crippen LogP contribution >= 0.6 is 0 Å². The van der Waals surface area contributed by atoms with Crippen molar-refractivity contribution in [1.29, 1.82) is 0 Å². The minimum absolute atomic E-state index is 0.154. The van der Waals surface area contributed by atoms with E-state index in [4.69, 9.17) is 4.52 Å². The zero-order chi connectivity index (χ0) is 15.7. The Kier molecular flexibility index (Phi) is 3.66. The molecule has 0 bridgehead atoms. The van der Waals surface area contributed by atoms with E-state index in [1.54, 1.807) is 13.8 Å². The van der Waals surface area contributed by atoms with Crippen LogP contribution in [0.2, 0.25) is 0 Å². The molecule has 114 valence electrons. The number of aryl methyl sites for hydroxylation is 3. The van der Waals surface area contributed by atoms with Crippen LogP contribution in [0.15, 0.2) is 28.8 Å². The summed E-state index contributed by atoms with van der Waals surface area (Å²) in [5.74, 6) is 1.32. The van der Waals surface area contributed by atoms with Crippen molar-refractivity contribution < 1.29 is 9.32 Å². The molecule has 0 aliphatic rings. The molecule has 2 heterocycles. The SMILES string of the molecule is Cc1noc(C)c1C(=O)NCCn1c(C)nc2ccccc21. The molecule has 1 aromatic carbocycles. The summed E-state index contributed by atoms with van der Waals surface area (Å²) in [5, 5.41) is 6.71. The number of fused-ring (bicyclic) bond motifs is 1. The Morgan fingerprint density at radius 1 is 1.27 bits per heavy atom. The Labute approximate surface area is 128 Å². The van der Waals surface area contributed by atoms with Gasteiger partial charge >= 0.3 is 0 Å². The molecular formula is C16H18N4O2. The molecule has 0 radical (unpaired) electrons. The summed E-state index contributed by atoms with van der Waals surface area (Å²) < 4.78 is 7.12. The third kappa shape index (κ3) is 2.47. The number of hydrogen-bond donors (Lipinski definition) is 1. The fraction of sp³-hybridized carbons (Fsp3) is 0.312. The molecule has 22 heavy (non-hydrogen) atoms. The van der Waals surface area contributed by atoms with E-state index in [0.29, 0.717) is 30.1 Å². The van der Waals surface area contributed by atoms with Crippen molar-refractivity contribution >= 4 is 16.9 Å². The quantitative estimate of drug-likeness (QED) is 0.802. The number of amides is 1. The Morgan fingerprint density at radius 2 is 2.05 bits per heavy atom. The lowest BCUT2D eigenvalue weighted by Crippen LogP contribution is -2.28. The van der Waals surface area contributed by atoms with Gasteiger partial charge in [0.2, 0.25) is 0 Å². The van der Waals surface area contributed by atoms with Crippen LogP contribution in [0, 0.1) is 20.8 Å². The van der Waals surface area contributed by atoms with E-state index in [-0.39, 0.29) is 5.91 Å². The maximum atomic E-state index is 12.2. The van der Waals surface area contributed by atoms with Crippen LogP contribution in [0.25, 0.3) is 11.0 Å². The number of carbonyl (C=O) groups is 1. The average Bonchev–Trinajstić information content (AvgIpc) is 2.99. The molecule has 0 unspecified atom stereocenters. The summed E-state index contributed by atoms with van der Waals surface area (Å²) in [7, 11) is 0. The van der Waals surface area contributed by atoms with Gasteiger partial charge in [0.05, 0.1) is 16.7 Å². The average molecular weight is 298 g/mol. The Hall–Kier alpha value is -2.63. The second-order valence-corrected chi connectivity index (χ2v) is 5.25. The van der Waals surface area contributed by atoms with Gasteiger partial charge in [-0.05, 0) is 32.9 Å². The number of aromatic nitrogens is 3. The molecule has 0 aliphatic heterocycles. The van der Waals surface area contributed by atoms with Crippen LogP contribution in [0.4, 0.5) is 0 Å². The van der Waals surface area contributed by atoms with Gasteiger partial charge in [0.15, 0.2) is 0 Å². The minimum atomic E-state index is -0.154. The highest BCUT2D eigenvalue weighted by molar-refractivity contribution is 5.96. The van der Waals surface area contributed by atoms with Crippen molar-refractivity contribution in [2.75, 3.05) is 6.54 Å².